The summed E-state index contributed by atoms with van der Waals surface area (Å²) in [6.45, 7) is -0.167. The molecule has 0 aromatic heterocycles. The van der Waals surface area contributed by atoms with E-state index in [1.165, 1.54) is 24.3 Å². The third kappa shape index (κ3) is 5.70. The molecule has 10 heteroatoms. The van der Waals surface area contributed by atoms with Crippen molar-refractivity contribution < 1.29 is 33.8 Å². The van der Waals surface area contributed by atoms with Gasteiger partial charge in [-0.3, -0.25) is 15.0 Å². The molecule has 164 valence electrons. The molecule has 2 aromatic rings. The molecule has 1 amide bonds. The highest BCUT2D eigenvalue weighted by Gasteiger charge is 2.41. The number of esters is 1. The number of likely N-dealkylation sites (tertiary alicyclic amines) is 1. The van der Waals surface area contributed by atoms with E-state index in [-0.39, 0.29) is 31.9 Å². The van der Waals surface area contributed by atoms with Gasteiger partial charge in [-0.25, -0.2) is 9.59 Å². The fraction of sp³-hybridized carbons (Fsp3) is 0.333. The second-order valence-corrected chi connectivity index (χ2v) is 6.99. The van der Waals surface area contributed by atoms with Crippen molar-refractivity contribution in [1.82, 2.24) is 4.90 Å². The molecule has 2 atom stereocenters. The summed E-state index contributed by atoms with van der Waals surface area (Å²) in [5.74, 6) is 0.0376. The van der Waals surface area contributed by atoms with Crippen LogP contribution in [-0.4, -0.2) is 52.8 Å². The van der Waals surface area contributed by atoms with E-state index in [1.54, 1.807) is 31.4 Å². The minimum Gasteiger partial charge on any atom is -0.497 e. The summed E-state index contributed by atoms with van der Waals surface area (Å²) in [7, 11) is 1.55. The minimum absolute atomic E-state index is 0.0150. The van der Waals surface area contributed by atoms with E-state index in [1.807, 2.05) is 0 Å². The van der Waals surface area contributed by atoms with Crippen LogP contribution >= 0.6 is 0 Å². The third-order valence-corrected chi connectivity index (χ3v) is 4.84. The molecule has 31 heavy (non-hydrogen) atoms. The first-order chi connectivity index (χ1) is 14.9. The zero-order valence-corrected chi connectivity index (χ0v) is 16.8. The number of amides is 1. The number of non-ortho nitro benzene ring substituents is 1. The van der Waals surface area contributed by atoms with E-state index in [9.17, 15) is 24.8 Å². The summed E-state index contributed by atoms with van der Waals surface area (Å²) >= 11 is 0. The van der Waals surface area contributed by atoms with Gasteiger partial charge in [-0.2, -0.15) is 0 Å². The largest absolute Gasteiger partial charge is 0.497 e. The molecule has 1 aliphatic rings. The fourth-order valence-corrected chi connectivity index (χ4v) is 3.15. The molecule has 10 nitrogen and oxygen atoms in total. The van der Waals surface area contributed by atoms with Crippen LogP contribution in [0.3, 0.4) is 0 Å². The number of benzene rings is 2. The molecule has 0 radical (unpaired) electrons. The first-order valence-electron chi connectivity index (χ1n) is 9.51. The van der Waals surface area contributed by atoms with Crippen LogP contribution in [0.5, 0.6) is 5.75 Å². The number of aliphatic hydroxyl groups is 1. The SMILES string of the molecule is COc1ccc(COC(=O)[C@H]2C[C@H](O)CN2C(=O)OCc2ccc([N+](=O)[O-])cc2)cc1. The number of hydrogen-bond donors (Lipinski definition) is 1. The molecule has 1 aliphatic heterocycles. The van der Waals surface area contributed by atoms with E-state index in [0.29, 0.717) is 11.3 Å². The van der Waals surface area contributed by atoms with E-state index in [0.717, 1.165) is 10.5 Å². The number of nitro groups is 1. The summed E-state index contributed by atoms with van der Waals surface area (Å²) in [4.78, 5) is 36.3. The predicted molar refractivity (Wildman–Crippen MR) is 107 cm³/mol. The second-order valence-electron chi connectivity index (χ2n) is 6.99. The molecule has 1 heterocycles. The number of carbonyl (C=O) groups excluding carboxylic acids is 2. The average molecular weight is 430 g/mol. The highest BCUT2D eigenvalue weighted by Crippen LogP contribution is 2.22. The fourth-order valence-electron chi connectivity index (χ4n) is 3.15. The van der Waals surface area contributed by atoms with Gasteiger partial charge in [-0.1, -0.05) is 12.1 Å². The van der Waals surface area contributed by atoms with Crippen molar-refractivity contribution in [3.63, 3.8) is 0 Å². The molecule has 1 fully saturated rings. The van der Waals surface area contributed by atoms with Gasteiger partial charge in [0.1, 0.15) is 25.0 Å². The number of nitrogens with zero attached hydrogens (tertiary/aromatic N) is 2. The zero-order valence-electron chi connectivity index (χ0n) is 16.8. The topological polar surface area (TPSA) is 128 Å². The summed E-state index contributed by atoms with van der Waals surface area (Å²) in [6, 6.07) is 11.6. The Morgan fingerprint density at radius 1 is 1.06 bits per heavy atom. The Labute approximate surface area is 178 Å². The van der Waals surface area contributed by atoms with Gasteiger partial charge in [-0.05, 0) is 35.4 Å². The van der Waals surface area contributed by atoms with Crippen molar-refractivity contribution in [3.05, 3.63) is 69.8 Å². The van der Waals surface area contributed by atoms with Crippen molar-refractivity contribution in [1.29, 1.82) is 0 Å². The Bertz CT molecular complexity index is 929. The first kappa shape index (κ1) is 22.0. The molecule has 0 spiro atoms. The van der Waals surface area contributed by atoms with Crippen LogP contribution in [-0.2, 0) is 27.5 Å². The van der Waals surface area contributed by atoms with Crippen LogP contribution in [0.4, 0.5) is 10.5 Å². The first-order valence-corrected chi connectivity index (χ1v) is 9.51. The van der Waals surface area contributed by atoms with Gasteiger partial charge in [-0.15, -0.1) is 0 Å². The van der Waals surface area contributed by atoms with Crippen LogP contribution < -0.4 is 4.74 Å². The monoisotopic (exact) mass is 430 g/mol. The van der Waals surface area contributed by atoms with Crippen molar-refractivity contribution in [3.8, 4) is 5.75 Å². The van der Waals surface area contributed by atoms with Crippen LogP contribution in [0.2, 0.25) is 0 Å². The molecule has 2 aromatic carbocycles. The van der Waals surface area contributed by atoms with Crippen LogP contribution in [0.25, 0.3) is 0 Å². The molecule has 0 bridgehead atoms. The van der Waals surface area contributed by atoms with Crippen molar-refractivity contribution in [2.75, 3.05) is 13.7 Å². The Hall–Kier alpha value is -3.66. The lowest BCUT2D eigenvalue weighted by Crippen LogP contribution is -2.41. The molecule has 1 N–H and O–H groups in total. The summed E-state index contributed by atoms with van der Waals surface area (Å²) in [5, 5.41) is 20.6. The molecule has 0 saturated carbocycles. The smallest absolute Gasteiger partial charge is 0.410 e. The normalized spacial score (nSPS) is 17.8. The van der Waals surface area contributed by atoms with Gasteiger partial charge in [0.15, 0.2) is 0 Å². The number of hydrogen-bond acceptors (Lipinski definition) is 8. The van der Waals surface area contributed by atoms with Crippen molar-refractivity contribution in [2.45, 2.75) is 31.8 Å². The Morgan fingerprint density at radius 3 is 2.23 bits per heavy atom. The lowest BCUT2D eigenvalue weighted by Gasteiger charge is -2.22. The van der Waals surface area contributed by atoms with Gasteiger partial charge < -0.3 is 19.3 Å². The third-order valence-electron chi connectivity index (χ3n) is 4.84. The molecule has 3 rings (SSSR count). The molecule has 0 unspecified atom stereocenters. The number of methoxy groups -OCH3 is 1. The van der Waals surface area contributed by atoms with E-state index in [2.05, 4.69) is 0 Å². The second kappa shape index (κ2) is 9.90. The molecular weight excluding hydrogens is 408 g/mol. The summed E-state index contributed by atoms with van der Waals surface area (Å²) in [5.41, 5.74) is 1.23. The lowest BCUT2D eigenvalue weighted by atomic mass is 10.2. The number of carbonyl (C=O) groups is 2. The lowest BCUT2D eigenvalue weighted by molar-refractivity contribution is -0.384. The quantitative estimate of drug-likeness (QED) is 0.403. The standard InChI is InChI=1S/C21H22N2O8/c1-29-18-8-4-15(5-9-18)12-30-20(25)19-10-17(24)11-22(19)21(26)31-13-14-2-6-16(7-3-14)23(27)28/h2-9,17,19,24H,10-13H2,1H3/t17-,19+/m0/s1. The van der Waals surface area contributed by atoms with Gasteiger partial charge in [0, 0.05) is 18.6 Å². The van der Waals surface area contributed by atoms with Crippen molar-refractivity contribution >= 4 is 17.7 Å². The molecule has 1 saturated heterocycles. The number of aliphatic hydroxyl groups excluding tert-OH is 1. The van der Waals surface area contributed by atoms with Gasteiger partial charge in [0.25, 0.3) is 5.69 Å². The Balaban J connectivity index is 1.55. The maximum atomic E-state index is 12.5. The van der Waals surface area contributed by atoms with Crippen molar-refractivity contribution in [2.24, 2.45) is 0 Å². The summed E-state index contributed by atoms with van der Waals surface area (Å²) < 4.78 is 15.6. The van der Waals surface area contributed by atoms with Gasteiger partial charge in [0.05, 0.1) is 24.7 Å². The molecular formula is C21H22N2O8. The van der Waals surface area contributed by atoms with E-state index < -0.39 is 29.1 Å². The van der Waals surface area contributed by atoms with Crippen LogP contribution in [0, 0.1) is 10.1 Å². The highest BCUT2D eigenvalue weighted by molar-refractivity contribution is 5.82. The number of ether oxygens (including phenoxy) is 3. The predicted octanol–water partition coefficient (Wildman–Crippen LogP) is 2.42. The average Bonchev–Trinajstić information content (AvgIpc) is 3.18. The minimum atomic E-state index is -0.961. The zero-order chi connectivity index (χ0) is 22.4. The van der Waals surface area contributed by atoms with Crippen LogP contribution in [0.1, 0.15) is 17.5 Å². The van der Waals surface area contributed by atoms with Crippen LogP contribution in [0.15, 0.2) is 48.5 Å². The Morgan fingerprint density at radius 2 is 1.65 bits per heavy atom. The number of β-amino-alcohol motifs (C(OH)–C–C–N with tert-alkyl or cyclic N) is 1. The molecule has 0 aliphatic carbocycles. The maximum absolute atomic E-state index is 12.5. The highest BCUT2D eigenvalue weighted by atomic mass is 16.6. The maximum Gasteiger partial charge on any atom is 0.410 e. The van der Waals surface area contributed by atoms with Gasteiger partial charge in [0.2, 0.25) is 0 Å². The van der Waals surface area contributed by atoms with E-state index >= 15 is 0 Å². The Kier molecular flexibility index (Phi) is 7.03. The number of rotatable bonds is 7. The van der Waals surface area contributed by atoms with E-state index in [4.69, 9.17) is 14.2 Å². The van der Waals surface area contributed by atoms with Gasteiger partial charge >= 0.3 is 12.1 Å². The number of nitro benzene ring substituents is 1. The summed E-state index contributed by atoms with van der Waals surface area (Å²) in [6.07, 6.45) is -1.60.